The van der Waals surface area contributed by atoms with Crippen LogP contribution in [0.2, 0.25) is 0 Å². The summed E-state index contributed by atoms with van der Waals surface area (Å²) < 4.78 is 27.0. The third-order valence-electron chi connectivity index (χ3n) is 12.1. The number of carbonyl (C=O) groups is 2. The molecule has 16 heteroatoms. The van der Waals surface area contributed by atoms with E-state index in [1.54, 1.807) is 12.0 Å². The van der Waals surface area contributed by atoms with E-state index in [2.05, 4.69) is 56.6 Å². The Morgan fingerprint density at radius 2 is 1.79 bits per heavy atom. The average Bonchev–Trinajstić information content (AvgIpc) is 3.63. The number of rotatable bonds is 11. The lowest BCUT2D eigenvalue weighted by molar-refractivity contribution is -0.139. The number of nitrogens with zero attached hydrogens (tertiary/aromatic N) is 4. The molecule has 3 aliphatic rings. The van der Waals surface area contributed by atoms with Crippen LogP contribution in [0.25, 0.3) is 22.3 Å². The molecule has 6 atom stereocenters. The fourth-order valence-corrected chi connectivity index (χ4v) is 12.7. The summed E-state index contributed by atoms with van der Waals surface area (Å²) in [5.41, 5.74) is 3.41. The number of hydrogen-bond donors (Lipinski definition) is 4. The van der Waals surface area contributed by atoms with E-state index >= 15 is 4.79 Å². The van der Waals surface area contributed by atoms with Crippen LogP contribution < -0.4 is 25.4 Å². The van der Waals surface area contributed by atoms with Crippen LogP contribution >= 0.6 is 30.0 Å². The van der Waals surface area contributed by atoms with Gasteiger partial charge in [-0.25, -0.2) is 15.0 Å². The van der Waals surface area contributed by atoms with E-state index < -0.39 is 36.7 Å². The maximum absolute atomic E-state index is 15.1. The number of nitrogens with one attached hydrogen (secondary N) is 3. The number of anilines is 2. The number of methoxy groups -OCH3 is 1. The Morgan fingerprint density at radius 3 is 2.54 bits per heavy atom. The van der Waals surface area contributed by atoms with Crippen LogP contribution in [0.5, 0.6) is 11.5 Å². The third kappa shape index (κ3) is 9.96. The molecule has 334 valence electrons. The Hall–Kier alpha value is -4.82. The van der Waals surface area contributed by atoms with Crippen molar-refractivity contribution in [1.82, 2.24) is 25.2 Å². The number of hydrogen-bond acceptors (Lipinski definition) is 12. The minimum Gasteiger partial charge on any atom is -0.497 e. The maximum Gasteiger partial charge on any atom is 0.245 e. The monoisotopic (exact) mass is 911 g/mol. The second-order valence-electron chi connectivity index (χ2n) is 18.3. The fraction of sp³-hybridized carbons (Fsp3) is 0.468. The highest BCUT2D eigenvalue weighted by atomic mass is 32.1. The number of pyridine rings is 1. The second kappa shape index (κ2) is 18.3. The minimum absolute atomic E-state index is 0.0792. The van der Waals surface area contributed by atoms with Crippen molar-refractivity contribution in [3.8, 4) is 22.9 Å². The molecule has 2 aliphatic heterocycles. The Bertz CT molecular complexity index is 2520. The van der Waals surface area contributed by atoms with Gasteiger partial charge in [-0.05, 0) is 57.2 Å². The topological polar surface area (TPSA) is 168 Å². The largest absolute Gasteiger partial charge is 0.497 e. The molecule has 1 saturated carbocycles. The zero-order valence-corrected chi connectivity index (χ0v) is 39.3. The predicted molar refractivity (Wildman–Crippen MR) is 252 cm³/mol. The molecule has 1 saturated heterocycles. The van der Waals surface area contributed by atoms with Gasteiger partial charge >= 0.3 is 0 Å². The van der Waals surface area contributed by atoms with Crippen LogP contribution in [0, 0.1) is 5.92 Å². The van der Waals surface area contributed by atoms with Crippen LogP contribution in [0.1, 0.15) is 90.8 Å². The summed E-state index contributed by atoms with van der Waals surface area (Å²) >= 11 is 2.96. The molecular weight excluding hydrogens is 854 g/mol. The smallest absolute Gasteiger partial charge is 0.245 e. The first-order chi connectivity index (χ1) is 30.1. The first-order valence-electron chi connectivity index (χ1n) is 21.9. The molecule has 2 aromatic carbocycles. The van der Waals surface area contributed by atoms with Crippen LogP contribution in [0.15, 0.2) is 77.5 Å². The van der Waals surface area contributed by atoms with Gasteiger partial charge in [-0.3, -0.25) is 14.2 Å². The number of ether oxygens (including phenoxy) is 2. The van der Waals surface area contributed by atoms with E-state index in [1.165, 1.54) is 22.7 Å². The third-order valence-corrected chi connectivity index (χ3v) is 16.3. The van der Waals surface area contributed by atoms with Gasteiger partial charge in [0.15, 0.2) is 10.3 Å². The van der Waals surface area contributed by atoms with Gasteiger partial charge in [-0.15, -0.1) is 22.7 Å². The molecule has 0 spiro atoms. The zero-order chi connectivity index (χ0) is 44.5. The van der Waals surface area contributed by atoms with Gasteiger partial charge in [0.2, 0.25) is 19.2 Å². The number of thiazole rings is 2. The van der Waals surface area contributed by atoms with Crippen LogP contribution in [0.4, 0.5) is 10.3 Å². The van der Waals surface area contributed by atoms with Crippen molar-refractivity contribution >= 4 is 63.0 Å². The van der Waals surface area contributed by atoms with Gasteiger partial charge < -0.3 is 35.2 Å². The van der Waals surface area contributed by atoms with Gasteiger partial charge in [0.05, 0.1) is 36.7 Å². The fourth-order valence-electron chi connectivity index (χ4n) is 8.54. The number of carbonyl (C=O) groups excluding carboxylic acids is 2. The van der Waals surface area contributed by atoms with Crippen LogP contribution in [-0.4, -0.2) is 79.7 Å². The van der Waals surface area contributed by atoms with Crippen LogP contribution in [-0.2, 0) is 25.7 Å². The summed E-state index contributed by atoms with van der Waals surface area (Å²) in [6.07, 6.45) is 7.81. The van der Waals surface area contributed by atoms with Crippen molar-refractivity contribution in [1.29, 1.82) is 0 Å². The molecule has 2 fully saturated rings. The molecule has 5 aromatic rings. The van der Waals surface area contributed by atoms with E-state index in [9.17, 15) is 14.3 Å². The van der Waals surface area contributed by atoms with Gasteiger partial charge in [-0.1, -0.05) is 76.1 Å². The van der Waals surface area contributed by atoms with Crippen molar-refractivity contribution < 1.29 is 28.5 Å². The summed E-state index contributed by atoms with van der Waals surface area (Å²) in [4.78, 5) is 58.2. The molecule has 63 heavy (non-hydrogen) atoms. The average molecular weight is 912 g/mol. The number of allylic oxidation sites excluding steroid dienone is 1. The van der Waals surface area contributed by atoms with Crippen molar-refractivity contribution in [2.75, 3.05) is 24.3 Å². The highest BCUT2D eigenvalue weighted by Gasteiger charge is 2.66. The zero-order valence-electron chi connectivity index (χ0n) is 36.8. The summed E-state index contributed by atoms with van der Waals surface area (Å²) in [5, 5.41) is 14.7. The molecule has 3 aromatic heterocycles. The molecule has 13 nitrogen and oxygen atoms in total. The standard InChI is InChI=1S/C47H58N7O6PS2/c1-29(2)48-44-51-38(27-62-44)37-23-40(34-20-19-32(59-6)21-36(34)49-37)60-33-22-39-42(55)53-47(61(57,58)26-30-15-11-10-12-16-30)24-31(47)17-13-8-7-9-14-18-35(43(56)54(39)25-33)50-45-52-41(28-63-45)46(3,4)5/h10-13,15-17,19-21,23,27-29,31,33,35,39H,7-9,14,18,22,24-26H2,1-6H3,(H,48,51)(H,50,52)(H,53,55)(H,57,58)/b17-13-/t31-,33-,35+,39+,47+/m1/s1. The highest BCUT2D eigenvalue weighted by molar-refractivity contribution is 7.59. The van der Waals surface area contributed by atoms with Gasteiger partial charge in [0, 0.05) is 52.1 Å². The van der Waals surface area contributed by atoms with E-state index in [1.807, 2.05) is 71.4 Å². The SMILES string of the molecule is COc1ccc2c(O[C@@H]3C[C@H]4C(=O)N[C@]5(P(=O)(O)Cc6ccccc6)C[C@H]5/C=C\CCCCC[C@H](Nc5nc(C(C)(C)C)cs5)C(=O)N4C3)cc(-c3csc(NC(C)C)n3)nc2c1. The van der Waals surface area contributed by atoms with E-state index in [4.69, 9.17) is 24.4 Å². The molecule has 1 unspecified atom stereocenters. The van der Waals surface area contributed by atoms with Gasteiger partial charge in [0.1, 0.15) is 40.7 Å². The molecule has 5 heterocycles. The number of fused-ring (bicyclic) bond motifs is 3. The molecule has 2 amide bonds. The Morgan fingerprint density at radius 1 is 1.00 bits per heavy atom. The van der Waals surface area contributed by atoms with Crippen molar-refractivity contribution in [3.63, 3.8) is 0 Å². The summed E-state index contributed by atoms with van der Waals surface area (Å²) in [6.45, 7) is 10.5. The lowest BCUT2D eigenvalue weighted by Crippen LogP contribution is -2.53. The summed E-state index contributed by atoms with van der Waals surface area (Å²) in [5.74, 6) is 0.140. The Balaban J connectivity index is 1.15. The summed E-state index contributed by atoms with van der Waals surface area (Å²) in [7, 11) is -2.42. The Kier molecular flexibility index (Phi) is 13.0. The van der Waals surface area contributed by atoms with Crippen LogP contribution in [0.3, 0.4) is 0 Å². The minimum atomic E-state index is -4.03. The second-order valence-corrected chi connectivity index (χ2v) is 22.6. The van der Waals surface area contributed by atoms with Crippen molar-refractivity contribution in [2.45, 2.75) is 121 Å². The van der Waals surface area contributed by atoms with Gasteiger partial charge in [0.25, 0.3) is 0 Å². The van der Waals surface area contributed by atoms with E-state index in [0.29, 0.717) is 46.4 Å². The molecule has 4 N–H and O–H groups in total. The van der Waals surface area contributed by atoms with Crippen molar-refractivity contribution in [2.24, 2.45) is 5.92 Å². The number of benzene rings is 2. The Labute approximate surface area is 377 Å². The predicted octanol–water partition coefficient (Wildman–Crippen LogP) is 9.59. The maximum atomic E-state index is 15.1. The molecule has 0 radical (unpaired) electrons. The first-order valence-corrected chi connectivity index (χ1v) is 25.5. The first kappa shape index (κ1) is 44.8. The van der Waals surface area contributed by atoms with Crippen molar-refractivity contribution in [3.05, 3.63) is 88.8 Å². The molecule has 0 bridgehead atoms. The summed E-state index contributed by atoms with van der Waals surface area (Å²) in [6, 6.07) is 15.3. The molecule has 1 aliphatic carbocycles. The number of amides is 2. The number of aromatic nitrogens is 3. The van der Waals surface area contributed by atoms with Gasteiger partial charge in [-0.2, -0.15) is 0 Å². The lowest BCUT2D eigenvalue weighted by Gasteiger charge is -2.31. The quantitative estimate of drug-likeness (QED) is 0.0736. The molecular formula is C47H58N7O6PS2. The normalized spacial score (nSPS) is 24.7. The highest BCUT2D eigenvalue weighted by Crippen LogP contribution is 2.71. The van der Waals surface area contributed by atoms with E-state index in [0.717, 1.165) is 47.5 Å². The van der Waals surface area contributed by atoms with E-state index in [-0.39, 0.29) is 42.4 Å². The molecule has 8 rings (SSSR count). The lowest BCUT2D eigenvalue weighted by atomic mass is 9.93.